The summed E-state index contributed by atoms with van der Waals surface area (Å²) in [5.74, 6) is 0.894. The zero-order valence-electron chi connectivity index (χ0n) is 15.3. The van der Waals surface area contributed by atoms with E-state index < -0.39 is 13.6 Å². The highest BCUT2D eigenvalue weighted by molar-refractivity contribution is 6.76. The van der Waals surface area contributed by atoms with Crippen LogP contribution in [0, 0.1) is 0 Å². The number of aliphatic hydroxyl groups is 2. The number of ether oxygens (including phenoxy) is 1. The summed E-state index contributed by atoms with van der Waals surface area (Å²) in [6.45, 7) is 7.55. The van der Waals surface area contributed by atoms with E-state index in [1.54, 1.807) is 0 Å². The second-order valence-corrected chi connectivity index (χ2v) is 13.3. The SMILES string of the molecule is C[Si](C)(C)CCCCOc1ccc(CCC(N)(CO)CO)cc1.Cl. The minimum atomic E-state index is -0.927. The van der Waals surface area contributed by atoms with Crippen LogP contribution < -0.4 is 10.5 Å². The molecule has 1 aromatic rings. The van der Waals surface area contributed by atoms with Gasteiger partial charge >= 0.3 is 0 Å². The Balaban J connectivity index is 0.00000529. The molecule has 140 valence electrons. The molecule has 0 saturated carbocycles. The quantitative estimate of drug-likeness (QED) is 0.410. The number of halogens is 1. The first-order valence-corrected chi connectivity index (χ1v) is 12.2. The largest absolute Gasteiger partial charge is 0.494 e. The van der Waals surface area contributed by atoms with Crippen LogP contribution in [0.1, 0.15) is 24.8 Å². The zero-order chi connectivity index (χ0) is 17.3. The van der Waals surface area contributed by atoms with Crippen molar-refractivity contribution in [3.8, 4) is 5.75 Å². The van der Waals surface area contributed by atoms with Crippen LogP contribution in [0.15, 0.2) is 24.3 Å². The predicted molar refractivity (Wildman–Crippen MR) is 106 cm³/mol. The number of benzene rings is 1. The van der Waals surface area contributed by atoms with Gasteiger partial charge in [-0.2, -0.15) is 0 Å². The van der Waals surface area contributed by atoms with Gasteiger partial charge in [0.05, 0.1) is 25.4 Å². The van der Waals surface area contributed by atoms with Crippen LogP contribution in [0.25, 0.3) is 0 Å². The van der Waals surface area contributed by atoms with Gasteiger partial charge in [0.15, 0.2) is 0 Å². The van der Waals surface area contributed by atoms with Gasteiger partial charge in [0.1, 0.15) is 5.75 Å². The fourth-order valence-corrected chi connectivity index (χ4v) is 3.61. The van der Waals surface area contributed by atoms with E-state index in [4.69, 9.17) is 10.5 Å². The Hall–Kier alpha value is -0.593. The van der Waals surface area contributed by atoms with Crippen LogP contribution in [0.5, 0.6) is 5.75 Å². The van der Waals surface area contributed by atoms with E-state index in [-0.39, 0.29) is 25.6 Å². The molecule has 1 aromatic carbocycles. The maximum Gasteiger partial charge on any atom is 0.119 e. The minimum absolute atomic E-state index is 0. The van der Waals surface area contributed by atoms with E-state index in [1.165, 1.54) is 12.5 Å². The van der Waals surface area contributed by atoms with Gasteiger partial charge in [0.25, 0.3) is 0 Å². The highest BCUT2D eigenvalue weighted by Gasteiger charge is 2.22. The molecule has 0 spiro atoms. The summed E-state index contributed by atoms with van der Waals surface area (Å²) in [4.78, 5) is 0. The van der Waals surface area contributed by atoms with Crippen LogP contribution in [0.3, 0.4) is 0 Å². The Morgan fingerprint density at radius 3 is 2.12 bits per heavy atom. The molecule has 0 radical (unpaired) electrons. The number of unbranched alkanes of at least 4 members (excludes halogenated alkanes) is 1. The summed E-state index contributed by atoms with van der Waals surface area (Å²) in [7, 11) is -0.927. The van der Waals surface area contributed by atoms with E-state index in [0.29, 0.717) is 6.42 Å². The number of aliphatic hydroxyl groups excluding tert-OH is 2. The molecule has 4 N–H and O–H groups in total. The summed E-state index contributed by atoms with van der Waals surface area (Å²) in [5, 5.41) is 18.4. The monoisotopic (exact) mass is 375 g/mol. The second-order valence-electron chi connectivity index (χ2n) is 7.69. The van der Waals surface area contributed by atoms with Crippen molar-refractivity contribution in [2.45, 2.75) is 56.9 Å². The first kappa shape index (κ1) is 23.4. The van der Waals surface area contributed by atoms with Gasteiger partial charge in [-0.15, -0.1) is 12.4 Å². The number of nitrogens with two attached hydrogens (primary N) is 1. The average molecular weight is 376 g/mol. The summed E-state index contributed by atoms with van der Waals surface area (Å²) in [6.07, 6.45) is 3.63. The highest BCUT2D eigenvalue weighted by Crippen LogP contribution is 2.17. The molecule has 6 heteroatoms. The fourth-order valence-electron chi connectivity index (χ4n) is 2.30. The third-order valence-corrected chi connectivity index (χ3v) is 5.91. The standard InChI is InChI=1S/C18H33NO3Si.ClH/c1-23(2,3)13-5-4-12-22-17-8-6-16(7-9-17)10-11-18(19,14-20)15-21;/h6-9,20-21H,4-5,10-15,19H2,1-3H3;1H. The molecule has 0 aliphatic rings. The normalized spacial score (nSPS) is 11.9. The van der Waals surface area contributed by atoms with Crippen molar-refractivity contribution in [3.63, 3.8) is 0 Å². The predicted octanol–water partition coefficient (Wildman–Crippen LogP) is 3.22. The molecule has 0 aliphatic heterocycles. The average Bonchev–Trinajstić information content (AvgIpc) is 2.52. The maximum atomic E-state index is 9.20. The van der Waals surface area contributed by atoms with Gasteiger partial charge in [-0.1, -0.05) is 44.2 Å². The van der Waals surface area contributed by atoms with E-state index in [2.05, 4.69) is 19.6 Å². The van der Waals surface area contributed by atoms with E-state index in [9.17, 15) is 10.2 Å². The number of rotatable bonds is 11. The van der Waals surface area contributed by atoms with Gasteiger partial charge < -0.3 is 20.7 Å². The van der Waals surface area contributed by atoms with Gasteiger partial charge in [-0.05, 0) is 37.0 Å². The molecule has 0 saturated heterocycles. The minimum Gasteiger partial charge on any atom is -0.494 e. The molecule has 24 heavy (non-hydrogen) atoms. The number of hydrogen-bond acceptors (Lipinski definition) is 4. The summed E-state index contributed by atoms with van der Waals surface area (Å²) < 4.78 is 5.77. The van der Waals surface area contributed by atoms with Crippen LogP contribution in [-0.2, 0) is 6.42 Å². The Morgan fingerprint density at radius 2 is 1.62 bits per heavy atom. The highest BCUT2D eigenvalue weighted by atomic mass is 35.5. The van der Waals surface area contributed by atoms with E-state index >= 15 is 0 Å². The Bertz CT molecular complexity index is 445. The molecular weight excluding hydrogens is 342 g/mol. The lowest BCUT2D eigenvalue weighted by atomic mass is 9.94. The van der Waals surface area contributed by atoms with Gasteiger partial charge in [0, 0.05) is 8.07 Å². The summed E-state index contributed by atoms with van der Waals surface area (Å²) in [5.41, 5.74) is 6.11. The number of aryl methyl sites for hydroxylation is 1. The molecule has 0 aromatic heterocycles. The fraction of sp³-hybridized carbons (Fsp3) is 0.667. The van der Waals surface area contributed by atoms with Gasteiger partial charge in [-0.25, -0.2) is 0 Å². The van der Waals surface area contributed by atoms with Gasteiger partial charge in [0.2, 0.25) is 0 Å². The smallest absolute Gasteiger partial charge is 0.119 e. The molecule has 0 bridgehead atoms. The lowest BCUT2D eigenvalue weighted by molar-refractivity contribution is 0.115. The van der Waals surface area contributed by atoms with Crippen molar-refractivity contribution < 1.29 is 14.9 Å². The van der Waals surface area contributed by atoms with Crippen molar-refractivity contribution >= 4 is 20.5 Å². The molecule has 0 amide bonds. The Morgan fingerprint density at radius 1 is 1.04 bits per heavy atom. The zero-order valence-corrected chi connectivity index (χ0v) is 17.1. The molecule has 4 nitrogen and oxygen atoms in total. The first-order valence-electron chi connectivity index (χ1n) is 8.50. The Kier molecular flexibility index (Phi) is 10.8. The lowest BCUT2D eigenvalue weighted by Crippen LogP contribution is -2.47. The molecule has 0 aliphatic carbocycles. The lowest BCUT2D eigenvalue weighted by Gasteiger charge is -2.24. The van der Waals surface area contributed by atoms with Gasteiger partial charge in [-0.3, -0.25) is 0 Å². The summed E-state index contributed by atoms with van der Waals surface area (Å²) in [6, 6.07) is 9.35. The maximum absolute atomic E-state index is 9.20. The molecule has 0 heterocycles. The van der Waals surface area contributed by atoms with Crippen LogP contribution in [0.2, 0.25) is 25.7 Å². The second kappa shape index (κ2) is 11.1. The molecular formula is C18H34ClNO3Si. The van der Waals surface area contributed by atoms with Crippen molar-refractivity contribution in [3.05, 3.63) is 29.8 Å². The van der Waals surface area contributed by atoms with Crippen LogP contribution in [-0.4, -0.2) is 43.6 Å². The third kappa shape index (κ3) is 9.64. The summed E-state index contributed by atoms with van der Waals surface area (Å²) >= 11 is 0. The van der Waals surface area contributed by atoms with Crippen molar-refractivity contribution in [2.75, 3.05) is 19.8 Å². The molecule has 0 fully saturated rings. The molecule has 0 atom stereocenters. The molecule has 0 unspecified atom stereocenters. The topological polar surface area (TPSA) is 75.7 Å². The van der Waals surface area contributed by atoms with Crippen molar-refractivity contribution in [1.82, 2.24) is 0 Å². The van der Waals surface area contributed by atoms with Crippen molar-refractivity contribution in [1.29, 1.82) is 0 Å². The van der Waals surface area contributed by atoms with Crippen LogP contribution in [0.4, 0.5) is 0 Å². The Labute approximate surface area is 153 Å². The van der Waals surface area contributed by atoms with E-state index in [0.717, 1.165) is 30.8 Å². The van der Waals surface area contributed by atoms with E-state index in [1.807, 2.05) is 24.3 Å². The van der Waals surface area contributed by atoms with Crippen LogP contribution >= 0.6 is 12.4 Å². The third-order valence-electron chi connectivity index (χ3n) is 4.05. The first-order chi connectivity index (χ1) is 10.8. The molecule has 1 rings (SSSR count). The van der Waals surface area contributed by atoms with Crippen molar-refractivity contribution in [2.24, 2.45) is 5.73 Å². The number of hydrogen-bond donors (Lipinski definition) is 3.